The Bertz CT molecular complexity index is 733. The van der Waals surface area contributed by atoms with Crippen LogP contribution in [0.25, 0.3) is 0 Å². The third-order valence-corrected chi connectivity index (χ3v) is 3.76. The second-order valence-corrected chi connectivity index (χ2v) is 5.82. The molecule has 1 heterocycles. The highest BCUT2D eigenvalue weighted by atomic mass is 32.2. The Morgan fingerprint density at radius 1 is 1.33 bits per heavy atom. The molecule has 0 aliphatic carbocycles. The zero-order valence-electron chi connectivity index (χ0n) is 12.7. The lowest BCUT2D eigenvalue weighted by Crippen LogP contribution is -2.25. The van der Waals surface area contributed by atoms with Crippen LogP contribution in [0.1, 0.15) is 23.2 Å². The van der Waals surface area contributed by atoms with E-state index in [1.165, 1.54) is 7.11 Å². The molecule has 1 aromatic carbocycles. The Balaban J connectivity index is 1.96. The van der Waals surface area contributed by atoms with Crippen LogP contribution in [0.5, 0.6) is 0 Å². The Hall–Kier alpha value is -2.49. The van der Waals surface area contributed by atoms with Crippen molar-refractivity contribution in [2.75, 3.05) is 7.11 Å². The Kier molecular flexibility index (Phi) is 5.85. The van der Waals surface area contributed by atoms with Gasteiger partial charge in [0.15, 0.2) is 0 Å². The van der Waals surface area contributed by atoms with E-state index in [0.717, 1.165) is 30.0 Å². The maximum atomic E-state index is 13.5. The number of nitrogens with zero attached hydrogens (tertiary/aromatic N) is 2. The second-order valence-electron chi connectivity index (χ2n) is 4.52. The lowest BCUT2D eigenvalue weighted by atomic mass is 10.2. The zero-order valence-corrected chi connectivity index (χ0v) is 13.5. The van der Waals surface area contributed by atoms with Crippen molar-refractivity contribution in [3.8, 4) is 0 Å². The Morgan fingerprint density at radius 3 is 2.62 bits per heavy atom. The molecule has 2 aromatic rings. The fourth-order valence-corrected chi connectivity index (χ4v) is 2.41. The summed E-state index contributed by atoms with van der Waals surface area (Å²) in [5.41, 5.74) is -0.689. The number of thioether (sulfide) groups is 1. The van der Waals surface area contributed by atoms with E-state index in [1.807, 2.05) is 0 Å². The number of carbonyl (C=O) groups excluding carboxylic acids is 2. The van der Waals surface area contributed by atoms with Gasteiger partial charge in [-0.3, -0.25) is 9.59 Å². The zero-order chi connectivity index (χ0) is 17.7. The van der Waals surface area contributed by atoms with Crippen molar-refractivity contribution in [2.24, 2.45) is 0 Å². The van der Waals surface area contributed by atoms with Crippen LogP contribution in [0.15, 0.2) is 27.8 Å². The highest BCUT2D eigenvalue weighted by molar-refractivity contribution is 8.00. The van der Waals surface area contributed by atoms with Crippen LogP contribution >= 0.6 is 11.8 Å². The number of aromatic nitrogens is 2. The lowest BCUT2D eigenvalue weighted by molar-refractivity contribution is -0.139. The molecule has 1 N–H and O–H groups in total. The van der Waals surface area contributed by atoms with Gasteiger partial charge in [-0.2, -0.15) is 0 Å². The molecule has 2 rings (SSSR count). The van der Waals surface area contributed by atoms with E-state index in [2.05, 4.69) is 20.3 Å². The van der Waals surface area contributed by atoms with Gasteiger partial charge < -0.3 is 14.5 Å². The van der Waals surface area contributed by atoms with Crippen molar-refractivity contribution in [2.45, 2.75) is 23.9 Å². The molecular formula is C14H13F2N3O4S. The van der Waals surface area contributed by atoms with E-state index in [4.69, 9.17) is 4.42 Å². The predicted octanol–water partition coefficient (Wildman–Crippen LogP) is 1.93. The number of ether oxygens (including phenoxy) is 1. The molecule has 128 valence electrons. The number of hydrogen-bond acceptors (Lipinski definition) is 7. The quantitative estimate of drug-likeness (QED) is 0.623. The van der Waals surface area contributed by atoms with E-state index in [9.17, 15) is 18.4 Å². The van der Waals surface area contributed by atoms with E-state index < -0.39 is 34.3 Å². The summed E-state index contributed by atoms with van der Waals surface area (Å²) in [7, 11) is 1.26. The average molecular weight is 357 g/mol. The van der Waals surface area contributed by atoms with Gasteiger partial charge in [-0.25, -0.2) is 8.78 Å². The molecule has 0 aliphatic heterocycles. The number of methoxy groups -OCH3 is 1. The van der Waals surface area contributed by atoms with Crippen molar-refractivity contribution >= 4 is 23.6 Å². The topological polar surface area (TPSA) is 94.3 Å². The third-order valence-electron chi connectivity index (χ3n) is 2.85. The van der Waals surface area contributed by atoms with Crippen molar-refractivity contribution in [1.82, 2.24) is 15.5 Å². The van der Waals surface area contributed by atoms with E-state index >= 15 is 0 Å². The molecule has 7 nitrogen and oxygen atoms in total. The monoisotopic (exact) mass is 357 g/mol. The summed E-state index contributed by atoms with van der Waals surface area (Å²) in [6, 6.07) is 3.12. The molecular weight excluding hydrogens is 344 g/mol. The standard InChI is InChI=1S/C14H13F2N3O4S/c1-7(13(21)22-2)24-14-19-18-10(23-14)6-17-12(20)11-8(15)4-3-5-9(11)16/h3-5,7H,6H2,1-2H3,(H,17,20)/t7-/m1/s1. The van der Waals surface area contributed by atoms with Gasteiger partial charge in [-0.1, -0.05) is 17.8 Å². The number of hydrogen-bond donors (Lipinski definition) is 1. The van der Waals surface area contributed by atoms with Crippen LogP contribution in [0.3, 0.4) is 0 Å². The average Bonchev–Trinajstić information content (AvgIpc) is 2.99. The fraction of sp³-hybridized carbons (Fsp3) is 0.286. The number of esters is 1. The van der Waals surface area contributed by atoms with Gasteiger partial charge in [0.2, 0.25) is 5.89 Å². The lowest BCUT2D eigenvalue weighted by Gasteiger charge is -2.05. The molecule has 10 heteroatoms. The van der Waals surface area contributed by atoms with Gasteiger partial charge >= 0.3 is 5.97 Å². The Morgan fingerprint density at radius 2 is 2.00 bits per heavy atom. The van der Waals surface area contributed by atoms with Crippen LogP contribution < -0.4 is 5.32 Å². The second kappa shape index (κ2) is 7.86. The first kappa shape index (κ1) is 17.9. The maximum absolute atomic E-state index is 13.5. The van der Waals surface area contributed by atoms with Gasteiger partial charge in [-0.15, -0.1) is 10.2 Å². The van der Waals surface area contributed by atoms with Crippen LogP contribution in [-0.2, 0) is 16.1 Å². The number of benzene rings is 1. The molecule has 1 atom stereocenters. The summed E-state index contributed by atoms with van der Waals surface area (Å²) in [5, 5.41) is 9.21. The highest BCUT2D eigenvalue weighted by Crippen LogP contribution is 2.22. The molecule has 1 amide bonds. The molecule has 0 bridgehead atoms. The molecule has 0 spiro atoms. The molecule has 0 aliphatic rings. The SMILES string of the molecule is COC(=O)[C@@H](C)Sc1nnc(CNC(=O)c2c(F)cccc2F)o1. The summed E-state index contributed by atoms with van der Waals surface area (Å²) < 4.78 is 36.8. The normalized spacial score (nSPS) is 11.8. The molecule has 24 heavy (non-hydrogen) atoms. The van der Waals surface area contributed by atoms with Gasteiger partial charge in [0.1, 0.15) is 22.4 Å². The van der Waals surface area contributed by atoms with Gasteiger partial charge in [0.25, 0.3) is 11.1 Å². The van der Waals surface area contributed by atoms with Crippen LogP contribution in [0, 0.1) is 11.6 Å². The van der Waals surface area contributed by atoms with Gasteiger partial charge in [0, 0.05) is 0 Å². The smallest absolute Gasteiger partial charge is 0.319 e. The minimum atomic E-state index is -0.971. The molecule has 0 radical (unpaired) electrons. The van der Waals surface area contributed by atoms with E-state index in [-0.39, 0.29) is 17.7 Å². The number of nitrogens with one attached hydrogen (secondary N) is 1. The van der Waals surface area contributed by atoms with Crippen LogP contribution in [-0.4, -0.2) is 34.4 Å². The van der Waals surface area contributed by atoms with Gasteiger partial charge in [-0.05, 0) is 19.1 Å². The van der Waals surface area contributed by atoms with Crippen molar-refractivity contribution in [3.05, 3.63) is 41.3 Å². The number of carbonyl (C=O) groups is 2. The number of halogens is 2. The molecule has 0 saturated heterocycles. The number of rotatable bonds is 6. The van der Waals surface area contributed by atoms with Crippen LogP contribution in [0.4, 0.5) is 8.78 Å². The summed E-state index contributed by atoms with van der Waals surface area (Å²) in [6.07, 6.45) is 0. The minimum Gasteiger partial charge on any atom is -0.468 e. The van der Waals surface area contributed by atoms with Gasteiger partial charge in [0.05, 0.1) is 13.7 Å². The fourth-order valence-electron chi connectivity index (χ4n) is 1.68. The number of amides is 1. The summed E-state index contributed by atoms with van der Waals surface area (Å²) in [5.74, 6) is -3.31. The minimum absolute atomic E-state index is 0.0275. The van der Waals surface area contributed by atoms with E-state index in [0.29, 0.717) is 0 Å². The first-order valence-corrected chi connectivity index (χ1v) is 7.59. The first-order valence-electron chi connectivity index (χ1n) is 6.71. The molecule has 0 unspecified atom stereocenters. The summed E-state index contributed by atoms with van der Waals surface area (Å²) in [6.45, 7) is 1.38. The van der Waals surface area contributed by atoms with Crippen LogP contribution in [0.2, 0.25) is 0 Å². The molecule has 0 saturated carbocycles. The highest BCUT2D eigenvalue weighted by Gasteiger charge is 2.20. The predicted molar refractivity (Wildman–Crippen MR) is 79.2 cm³/mol. The third kappa shape index (κ3) is 4.28. The summed E-state index contributed by atoms with van der Waals surface area (Å²) >= 11 is 0.985. The van der Waals surface area contributed by atoms with Crippen molar-refractivity contribution < 1.29 is 27.5 Å². The van der Waals surface area contributed by atoms with Crippen molar-refractivity contribution in [1.29, 1.82) is 0 Å². The summed E-state index contributed by atoms with van der Waals surface area (Å²) in [4.78, 5) is 23.1. The molecule has 1 aromatic heterocycles. The Labute approximate surface area is 139 Å². The van der Waals surface area contributed by atoms with Crippen molar-refractivity contribution in [3.63, 3.8) is 0 Å². The maximum Gasteiger partial charge on any atom is 0.319 e. The first-order chi connectivity index (χ1) is 11.4. The largest absolute Gasteiger partial charge is 0.468 e. The molecule has 0 fully saturated rings. The van der Waals surface area contributed by atoms with E-state index in [1.54, 1.807) is 6.92 Å².